The summed E-state index contributed by atoms with van der Waals surface area (Å²) in [6, 6.07) is 0. The van der Waals surface area contributed by atoms with Crippen LogP contribution < -0.4 is 0 Å². The lowest BCUT2D eigenvalue weighted by Crippen LogP contribution is -2.50. The van der Waals surface area contributed by atoms with Crippen LogP contribution in [0.4, 0.5) is 0 Å². The number of aliphatic hydroxyl groups is 1. The minimum absolute atomic E-state index is 0.0446. The molecule has 6 heteroatoms. The molecule has 45 heavy (non-hydrogen) atoms. The number of likely N-dealkylation sites (N-methyl/N-ethyl adjacent to an activating group) is 1. The Bertz CT molecular complexity index is 620. The molecule has 0 aromatic heterocycles. The second kappa shape index (κ2) is 31.5. The van der Waals surface area contributed by atoms with E-state index in [9.17, 15) is 14.7 Å². The molecule has 0 heterocycles. The number of esters is 2. The topological polar surface area (TPSA) is 72.8 Å². The summed E-state index contributed by atoms with van der Waals surface area (Å²) in [4.78, 5) is 25.1. The SMILES string of the molecule is CCCCCCCCCCCCCC(C)C(=O)OCC[N+](C)(CCO)CCOC(=O)C(C)CCCCCCCCCCCCC. The van der Waals surface area contributed by atoms with Gasteiger partial charge < -0.3 is 19.1 Å². The van der Waals surface area contributed by atoms with Gasteiger partial charge >= 0.3 is 11.9 Å². The molecule has 268 valence electrons. The van der Waals surface area contributed by atoms with E-state index in [2.05, 4.69) is 13.8 Å². The van der Waals surface area contributed by atoms with Crippen LogP contribution in [0, 0.1) is 11.8 Å². The Kier molecular flexibility index (Phi) is 30.7. The lowest BCUT2D eigenvalue weighted by atomic mass is 10.0. The maximum absolute atomic E-state index is 12.5. The Hall–Kier alpha value is -1.14. The van der Waals surface area contributed by atoms with Gasteiger partial charge in [0.05, 0.1) is 25.5 Å². The number of unbranched alkanes of at least 4 members (excludes halogenated alkanes) is 20. The number of carbonyl (C=O) groups excluding carboxylic acids is 2. The number of hydrogen-bond donors (Lipinski definition) is 1. The highest BCUT2D eigenvalue weighted by Gasteiger charge is 2.24. The fraction of sp³-hybridized carbons (Fsp3) is 0.949. The van der Waals surface area contributed by atoms with Crippen molar-refractivity contribution in [2.24, 2.45) is 11.8 Å². The van der Waals surface area contributed by atoms with Crippen LogP contribution in [0.3, 0.4) is 0 Å². The van der Waals surface area contributed by atoms with Crippen molar-refractivity contribution in [1.82, 2.24) is 0 Å². The van der Waals surface area contributed by atoms with Crippen molar-refractivity contribution in [2.45, 2.75) is 182 Å². The number of nitrogens with zero attached hydrogens (tertiary/aromatic N) is 1. The van der Waals surface area contributed by atoms with Crippen molar-refractivity contribution in [2.75, 3.05) is 46.5 Å². The molecule has 6 nitrogen and oxygen atoms in total. The third-order valence-electron chi connectivity index (χ3n) is 9.68. The highest BCUT2D eigenvalue weighted by atomic mass is 16.5. The molecule has 0 rings (SSSR count). The molecule has 1 N–H and O–H groups in total. The minimum atomic E-state index is -0.125. The van der Waals surface area contributed by atoms with E-state index >= 15 is 0 Å². The highest BCUT2D eigenvalue weighted by Crippen LogP contribution is 2.17. The van der Waals surface area contributed by atoms with Gasteiger partial charge in [0, 0.05) is 0 Å². The van der Waals surface area contributed by atoms with E-state index in [4.69, 9.17) is 9.47 Å². The summed E-state index contributed by atoms with van der Waals surface area (Å²) < 4.78 is 11.8. The maximum atomic E-state index is 12.5. The predicted molar refractivity (Wildman–Crippen MR) is 190 cm³/mol. The van der Waals surface area contributed by atoms with Gasteiger partial charge in [0.25, 0.3) is 0 Å². The largest absolute Gasteiger partial charge is 0.459 e. The third-order valence-corrected chi connectivity index (χ3v) is 9.68. The quantitative estimate of drug-likeness (QED) is 0.0430. The maximum Gasteiger partial charge on any atom is 0.308 e. The number of hydrogen-bond acceptors (Lipinski definition) is 5. The molecule has 0 amide bonds. The van der Waals surface area contributed by atoms with Gasteiger partial charge in [0.2, 0.25) is 0 Å². The molecule has 0 radical (unpaired) electrons. The van der Waals surface area contributed by atoms with E-state index in [-0.39, 0.29) is 30.4 Å². The van der Waals surface area contributed by atoms with Gasteiger partial charge in [0.15, 0.2) is 0 Å². The fourth-order valence-electron chi connectivity index (χ4n) is 6.06. The molecule has 0 aromatic carbocycles. The Morgan fingerprint density at radius 1 is 0.511 bits per heavy atom. The van der Waals surface area contributed by atoms with Crippen molar-refractivity contribution in [1.29, 1.82) is 0 Å². The fourth-order valence-corrected chi connectivity index (χ4v) is 6.06. The molecule has 2 unspecified atom stereocenters. The molecule has 0 saturated heterocycles. The molecule has 0 aliphatic rings. The molecule has 0 aliphatic carbocycles. The zero-order valence-electron chi connectivity index (χ0n) is 30.9. The average Bonchev–Trinajstić information content (AvgIpc) is 3.02. The third kappa shape index (κ3) is 27.7. The summed E-state index contributed by atoms with van der Waals surface area (Å²) in [6.45, 7) is 10.9. The van der Waals surface area contributed by atoms with Crippen LogP contribution in [-0.4, -0.2) is 68.0 Å². The molecule has 2 atom stereocenters. The van der Waals surface area contributed by atoms with Gasteiger partial charge in [-0.25, -0.2) is 0 Å². The Morgan fingerprint density at radius 2 is 0.800 bits per heavy atom. The van der Waals surface area contributed by atoms with Crippen molar-refractivity contribution >= 4 is 11.9 Å². The monoisotopic (exact) mass is 641 g/mol. The summed E-state index contributed by atoms with van der Waals surface area (Å²) >= 11 is 0. The van der Waals surface area contributed by atoms with E-state index in [0.717, 1.165) is 25.7 Å². The van der Waals surface area contributed by atoms with Crippen LogP contribution in [0.2, 0.25) is 0 Å². The molecular weight excluding hydrogens is 562 g/mol. The summed E-state index contributed by atoms with van der Waals surface area (Å²) in [6.07, 6.45) is 30.5. The summed E-state index contributed by atoms with van der Waals surface area (Å²) in [5, 5.41) is 9.63. The van der Waals surface area contributed by atoms with Gasteiger partial charge in [0.1, 0.15) is 32.8 Å². The van der Waals surface area contributed by atoms with E-state index in [0.29, 0.717) is 37.3 Å². The van der Waals surface area contributed by atoms with Gasteiger partial charge in [-0.1, -0.05) is 169 Å². The van der Waals surface area contributed by atoms with Gasteiger partial charge in [-0.15, -0.1) is 0 Å². The zero-order valence-corrected chi connectivity index (χ0v) is 30.9. The molecule has 0 aromatic rings. The van der Waals surface area contributed by atoms with E-state index in [1.807, 2.05) is 20.9 Å². The van der Waals surface area contributed by atoms with E-state index < -0.39 is 0 Å². The van der Waals surface area contributed by atoms with E-state index in [1.165, 1.54) is 128 Å². The van der Waals surface area contributed by atoms with Crippen molar-refractivity contribution < 1.29 is 28.7 Å². The first-order valence-corrected chi connectivity index (χ1v) is 19.6. The van der Waals surface area contributed by atoms with E-state index in [1.54, 1.807) is 0 Å². The van der Waals surface area contributed by atoms with Crippen LogP contribution in [0.25, 0.3) is 0 Å². The van der Waals surface area contributed by atoms with Crippen LogP contribution in [0.5, 0.6) is 0 Å². The predicted octanol–water partition coefficient (Wildman–Crippen LogP) is 10.2. The summed E-state index contributed by atoms with van der Waals surface area (Å²) in [5.41, 5.74) is 0. The Balaban J connectivity index is 3.98. The number of rotatable bonds is 34. The molecular formula is C39H78NO5+. The van der Waals surface area contributed by atoms with Gasteiger partial charge in [-0.3, -0.25) is 9.59 Å². The lowest BCUT2D eigenvalue weighted by molar-refractivity contribution is -0.910. The minimum Gasteiger partial charge on any atom is -0.459 e. The van der Waals surface area contributed by atoms with Crippen LogP contribution in [-0.2, 0) is 19.1 Å². The number of ether oxygens (including phenoxy) is 2. The van der Waals surface area contributed by atoms with Crippen LogP contribution in [0.15, 0.2) is 0 Å². The Morgan fingerprint density at radius 3 is 1.09 bits per heavy atom. The highest BCUT2D eigenvalue weighted by molar-refractivity contribution is 5.72. The number of aliphatic hydroxyl groups excluding tert-OH is 1. The summed E-state index contributed by atoms with van der Waals surface area (Å²) in [7, 11) is 2.03. The Labute approximate surface area is 280 Å². The second-order valence-electron chi connectivity index (χ2n) is 14.3. The average molecular weight is 641 g/mol. The second-order valence-corrected chi connectivity index (χ2v) is 14.3. The zero-order chi connectivity index (χ0) is 33.4. The van der Waals surface area contributed by atoms with Gasteiger partial charge in [-0.05, 0) is 12.8 Å². The molecule has 0 spiro atoms. The van der Waals surface area contributed by atoms with Crippen LogP contribution in [0.1, 0.15) is 182 Å². The summed E-state index contributed by atoms with van der Waals surface area (Å²) in [5.74, 6) is -0.411. The van der Waals surface area contributed by atoms with Crippen molar-refractivity contribution in [3.8, 4) is 0 Å². The normalized spacial score (nSPS) is 14.2. The number of quaternary nitrogens is 1. The first-order chi connectivity index (χ1) is 21.8. The molecule has 0 bridgehead atoms. The lowest BCUT2D eigenvalue weighted by Gasteiger charge is -2.33. The molecule has 0 saturated carbocycles. The first kappa shape index (κ1) is 43.9. The number of carbonyl (C=O) groups is 2. The van der Waals surface area contributed by atoms with Gasteiger partial charge in [-0.2, -0.15) is 0 Å². The standard InChI is InChI=1S/C39H78NO5/c1-6-8-10-12-14-16-18-20-22-24-26-28-36(3)38(42)44-34-31-40(5,30-33-41)32-35-45-39(43)37(4)29-27-25-23-21-19-17-15-13-11-9-7-2/h36-37,41H,6-35H2,1-5H3/q+1. The smallest absolute Gasteiger partial charge is 0.308 e. The van der Waals surface area contributed by atoms with Crippen molar-refractivity contribution in [3.63, 3.8) is 0 Å². The van der Waals surface area contributed by atoms with Crippen molar-refractivity contribution in [3.05, 3.63) is 0 Å². The molecule has 0 aliphatic heterocycles. The first-order valence-electron chi connectivity index (χ1n) is 19.6. The van der Waals surface area contributed by atoms with Crippen LogP contribution >= 0.6 is 0 Å². The molecule has 0 fully saturated rings.